The molecule has 16 heavy (non-hydrogen) atoms. The Morgan fingerprint density at radius 1 is 1.50 bits per heavy atom. The number of nitrogens with one attached hydrogen (secondary N) is 1. The smallest absolute Gasteiger partial charge is 0.0548 e. The first-order chi connectivity index (χ1) is 7.70. The molecule has 1 aromatic carbocycles. The van der Waals surface area contributed by atoms with Gasteiger partial charge in [0.05, 0.1) is 5.02 Å². The van der Waals surface area contributed by atoms with E-state index in [1.54, 1.807) is 0 Å². The van der Waals surface area contributed by atoms with Crippen molar-refractivity contribution < 1.29 is 0 Å². The Labute approximate surface area is 110 Å². The van der Waals surface area contributed by atoms with Gasteiger partial charge in [0.15, 0.2) is 0 Å². The number of nitrogens with two attached hydrogens (primary N) is 1. The van der Waals surface area contributed by atoms with Crippen LogP contribution in [-0.4, -0.2) is 0 Å². The Morgan fingerprint density at radius 2 is 2.25 bits per heavy atom. The van der Waals surface area contributed by atoms with Gasteiger partial charge < -0.3 is 0 Å². The summed E-state index contributed by atoms with van der Waals surface area (Å²) in [4.78, 5) is 0. The van der Waals surface area contributed by atoms with Crippen molar-refractivity contribution in [2.24, 2.45) is 11.8 Å². The standard InChI is InChI=1S/C12H16BrClN2/c13-10-7-9(4-5-11(10)14)12(16-15)6-8-2-1-3-8/h4-5,7-8,12,16H,1-3,6,15H2. The zero-order valence-corrected chi connectivity index (χ0v) is 11.4. The van der Waals surface area contributed by atoms with E-state index < -0.39 is 0 Å². The highest BCUT2D eigenvalue weighted by atomic mass is 79.9. The van der Waals surface area contributed by atoms with Crippen molar-refractivity contribution in [3.63, 3.8) is 0 Å². The Morgan fingerprint density at radius 3 is 2.75 bits per heavy atom. The molecule has 0 saturated heterocycles. The van der Waals surface area contributed by atoms with E-state index in [4.69, 9.17) is 17.4 Å². The van der Waals surface area contributed by atoms with E-state index in [2.05, 4.69) is 21.4 Å². The van der Waals surface area contributed by atoms with Gasteiger partial charge in [-0.15, -0.1) is 0 Å². The van der Waals surface area contributed by atoms with Crippen molar-refractivity contribution in [2.75, 3.05) is 0 Å². The normalized spacial score (nSPS) is 18.2. The molecule has 88 valence electrons. The summed E-state index contributed by atoms with van der Waals surface area (Å²) in [5.74, 6) is 6.45. The second-order valence-electron chi connectivity index (χ2n) is 4.43. The lowest BCUT2D eigenvalue weighted by Gasteiger charge is -2.29. The molecule has 0 spiro atoms. The zero-order valence-electron chi connectivity index (χ0n) is 9.05. The van der Waals surface area contributed by atoms with E-state index >= 15 is 0 Å². The number of benzene rings is 1. The predicted octanol–water partition coefficient (Wildman–Crippen LogP) is 3.80. The SMILES string of the molecule is NNC(CC1CCC1)c1ccc(Cl)c(Br)c1. The van der Waals surface area contributed by atoms with Crippen LogP contribution in [0.15, 0.2) is 22.7 Å². The van der Waals surface area contributed by atoms with Gasteiger partial charge in [-0.05, 0) is 46.0 Å². The van der Waals surface area contributed by atoms with Crippen molar-refractivity contribution in [2.45, 2.75) is 31.7 Å². The molecule has 0 bridgehead atoms. The lowest BCUT2D eigenvalue weighted by molar-refractivity contribution is 0.262. The molecular formula is C12H16BrClN2. The van der Waals surface area contributed by atoms with Crippen LogP contribution in [0.2, 0.25) is 5.02 Å². The molecule has 0 radical (unpaired) electrons. The van der Waals surface area contributed by atoms with Crippen molar-refractivity contribution in [3.8, 4) is 0 Å². The van der Waals surface area contributed by atoms with Gasteiger partial charge >= 0.3 is 0 Å². The summed E-state index contributed by atoms with van der Waals surface area (Å²) in [6.45, 7) is 0. The molecule has 0 aliphatic heterocycles. The molecule has 1 aromatic rings. The van der Waals surface area contributed by atoms with E-state index in [9.17, 15) is 0 Å². The molecule has 1 aliphatic carbocycles. The van der Waals surface area contributed by atoms with Crippen molar-refractivity contribution >= 4 is 27.5 Å². The average molecular weight is 304 g/mol. The third kappa shape index (κ3) is 2.77. The van der Waals surface area contributed by atoms with Crippen molar-refractivity contribution in [1.29, 1.82) is 0 Å². The molecule has 0 aromatic heterocycles. The molecule has 1 saturated carbocycles. The first kappa shape index (κ1) is 12.4. The molecule has 0 heterocycles. The summed E-state index contributed by atoms with van der Waals surface area (Å²) in [7, 11) is 0. The highest BCUT2D eigenvalue weighted by Crippen LogP contribution is 2.35. The molecule has 1 fully saturated rings. The zero-order chi connectivity index (χ0) is 11.5. The molecule has 4 heteroatoms. The van der Waals surface area contributed by atoms with Gasteiger partial charge in [-0.1, -0.05) is 36.9 Å². The van der Waals surface area contributed by atoms with Crippen LogP contribution in [0.4, 0.5) is 0 Å². The predicted molar refractivity (Wildman–Crippen MR) is 71.2 cm³/mol. The lowest BCUT2D eigenvalue weighted by Crippen LogP contribution is -2.31. The number of hydrogen-bond acceptors (Lipinski definition) is 2. The number of hydrazine groups is 1. The number of halogens is 2. The fraction of sp³-hybridized carbons (Fsp3) is 0.500. The Balaban J connectivity index is 2.09. The van der Waals surface area contributed by atoms with Gasteiger partial charge in [0.2, 0.25) is 0 Å². The molecule has 2 rings (SSSR count). The molecule has 0 amide bonds. The second kappa shape index (κ2) is 5.50. The Bertz CT molecular complexity index is 366. The molecule has 1 unspecified atom stereocenters. The van der Waals surface area contributed by atoms with Gasteiger partial charge in [-0.2, -0.15) is 0 Å². The topological polar surface area (TPSA) is 38.0 Å². The van der Waals surface area contributed by atoms with Crippen LogP contribution in [-0.2, 0) is 0 Å². The minimum atomic E-state index is 0.235. The van der Waals surface area contributed by atoms with Crippen molar-refractivity contribution in [3.05, 3.63) is 33.3 Å². The first-order valence-corrected chi connectivity index (χ1v) is 6.79. The summed E-state index contributed by atoms with van der Waals surface area (Å²) >= 11 is 9.41. The highest BCUT2D eigenvalue weighted by Gasteiger charge is 2.22. The molecular weight excluding hydrogens is 288 g/mol. The maximum Gasteiger partial charge on any atom is 0.0548 e. The molecule has 2 nitrogen and oxygen atoms in total. The van der Waals surface area contributed by atoms with Gasteiger partial charge in [-0.25, -0.2) is 0 Å². The van der Waals surface area contributed by atoms with E-state index in [-0.39, 0.29) is 6.04 Å². The van der Waals surface area contributed by atoms with Crippen LogP contribution in [0.25, 0.3) is 0 Å². The van der Waals surface area contributed by atoms with Gasteiger partial charge in [0.1, 0.15) is 0 Å². The van der Waals surface area contributed by atoms with Crippen molar-refractivity contribution in [1.82, 2.24) is 5.43 Å². The van der Waals surface area contributed by atoms with Gasteiger partial charge in [-0.3, -0.25) is 11.3 Å². The van der Waals surface area contributed by atoms with E-state index in [0.29, 0.717) is 0 Å². The number of hydrogen-bond donors (Lipinski definition) is 2. The third-order valence-corrected chi connectivity index (χ3v) is 4.55. The summed E-state index contributed by atoms with van der Waals surface area (Å²) in [6.07, 6.45) is 5.16. The van der Waals surface area contributed by atoms with Gasteiger partial charge in [0.25, 0.3) is 0 Å². The molecule has 1 aliphatic rings. The summed E-state index contributed by atoms with van der Waals surface area (Å²) in [5.41, 5.74) is 4.10. The van der Waals surface area contributed by atoms with Gasteiger partial charge in [0, 0.05) is 10.5 Å². The largest absolute Gasteiger partial charge is 0.271 e. The fourth-order valence-corrected chi connectivity index (χ4v) is 2.61. The number of rotatable bonds is 4. The lowest BCUT2D eigenvalue weighted by atomic mass is 9.80. The quantitative estimate of drug-likeness (QED) is 0.656. The van der Waals surface area contributed by atoms with Crippen LogP contribution in [0.5, 0.6) is 0 Å². The Hall–Kier alpha value is -0.0900. The second-order valence-corrected chi connectivity index (χ2v) is 5.69. The summed E-state index contributed by atoms with van der Waals surface area (Å²) < 4.78 is 0.931. The average Bonchev–Trinajstić information content (AvgIpc) is 2.21. The minimum Gasteiger partial charge on any atom is -0.271 e. The Kier molecular flexibility index (Phi) is 4.25. The molecule has 1 atom stereocenters. The van der Waals surface area contributed by atoms with E-state index in [1.165, 1.54) is 24.8 Å². The van der Waals surface area contributed by atoms with E-state index in [1.807, 2.05) is 18.2 Å². The summed E-state index contributed by atoms with van der Waals surface area (Å²) in [5, 5.41) is 0.739. The monoisotopic (exact) mass is 302 g/mol. The maximum absolute atomic E-state index is 5.97. The van der Waals surface area contributed by atoms with Crippen LogP contribution in [0, 0.1) is 5.92 Å². The highest BCUT2D eigenvalue weighted by molar-refractivity contribution is 9.10. The first-order valence-electron chi connectivity index (χ1n) is 5.62. The third-order valence-electron chi connectivity index (χ3n) is 3.34. The maximum atomic E-state index is 5.97. The fourth-order valence-electron chi connectivity index (χ4n) is 2.09. The summed E-state index contributed by atoms with van der Waals surface area (Å²) in [6, 6.07) is 6.23. The van der Waals surface area contributed by atoms with Crippen LogP contribution >= 0.6 is 27.5 Å². The molecule has 3 N–H and O–H groups in total. The van der Waals surface area contributed by atoms with Crippen LogP contribution in [0.3, 0.4) is 0 Å². The minimum absolute atomic E-state index is 0.235. The van der Waals surface area contributed by atoms with E-state index in [0.717, 1.165) is 21.8 Å². The van der Waals surface area contributed by atoms with Crippen LogP contribution < -0.4 is 11.3 Å². The van der Waals surface area contributed by atoms with Crippen LogP contribution in [0.1, 0.15) is 37.3 Å².